The molecule has 0 bridgehead atoms. The third-order valence-electron chi connectivity index (χ3n) is 3.67. The Labute approximate surface area is 96.2 Å². The minimum Gasteiger partial charge on any atom is -0.386 e. The summed E-state index contributed by atoms with van der Waals surface area (Å²) < 4.78 is 0. The van der Waals surface area contributed by atoms with Crippen LogP contribution in [0.1, 0.15) is 30.1 Å². The Hall–Kier alpha value is -1.12. The number of benzene rings is 1. The summed E-state index contributed by atoms with van der Waals surface area (Å²) in [5.41, 5.74) is 2.23. The predicted octanol–water partition coefficient (Wildman–Crippen LogP) is 2.21. The summed E-state index contributed by atoms with van der Waals surface area (Å²) in [6, 6.07) is 8.30. The van der Waals surface area contributed by atoms with Crippen LogP contribution >= 0.6 is 0 Å². The van der Waals surface area contributed by atoms with Gasteiger partial charge in [-0.25, -0.2) is 0 Å². The van der Waals surface area contributed by atoms with Crippen LogP contribution in [0.3, 0.4) is 0 Å². The number of nitrogens with zero attached hydrogens (tertiary/aromatic N) is 1. The van der Waals surface area contributed by atoms with Crippen LogP contribution in [0.4, 0.5) is 0 Å². The van der Waals surface area contributed by atoms with E-state index in [4.69, 9.17) is 0 Å². The average Bonchev–Trinajstić information content (AvgIpc) is 2.83. The van der Waals surface area contributed by atoms with Crippen LogP contribution in [0.5, 0.6) is 0 Å². The summed E-state index contributed by atoms with van der Waals surface area (Å²) in [5.74, 6) is 0. The van der Waals surface area contributed by atoms with Gasteiger partial charge in [-0.15, -0.1) is 0 Å². The van der Waals surface area contributed by atoms with Crippen molar-refractivity contribution in [3.8, 4) is 0 Å². The summed E-state index contributed by atoms with van der Waals surface area (Å²) in [4.78, 5) is 2.39. The summed E-state index contributed by atoms with van der Waals surface area (Å²) in [6.45, 7) is 2.24. The minimum atomic E-state index is -0.362. The highest BCUT2D eigenvalue weighted by atomic mass is 16.3. The molecule has 1 heterocycles. The fraction of sp³-hybridized carbons (Fsp3) is 0.429. The van der Waals surface area contributed by atoms with Gasteiger partial charge in [0.2, 0.25) is 0 Å². The number of hydrogen-bond donors (Lipinski definition) is 1. The molecule has 0 aromatic heterocycles. The van der Waals surface area contributed by atoms with Crippen LogP contribution in [-0.2, 0) is 0 Å². The van der Waals surface area contributed by atoms with E-state index in [1.54, 1.807) is 0 Å². The first-order valence-corrected chi connectivity index (χ1v) is 6.05. The Bertz CT molecular complexity index is 407. The number of aliphatic hydroxyl groups excluding tert-OH is 1. The van der Waals surface area contributed by atoms with Gasteiger partial charge in [0.25, 0.3) is 0 Å². The average molecular weight is 215 g/mol. The number of hydrogen-bond acceptors (Lipinski definition) is 2. The number of rotatable bonds is 1. The Morgan fingerprint density at radius 3 is 2.69 bits per heavy atom. The van der Waals surface area contributed by atoms with Gasteiger partial charge < -0.3 is 5.11 Å². The topological polar surface area (TPSA) is 23.5 Å². The molecule has 0 amide bonds. The standard InChI is InChI=1S/C14H17NO/c16-14-12-6-2-1-5-11(12)7-8-13(14)15-9-3-4-10-15/h1-2,5-8,13-14,16H,3-4,9-10H2/t13?,14-/m1/s1. The lowest BCUT2D eigenvalue weighted by atomic mass is 9.91. The maximum Gasteiger partial charge on any atom is 0.0986 e. The van der Waals surface area contributed by atoms with Crippen molar-refractivity contribution in [2.75, 3.05) is 13.1 Å². The van der Waals surface area contributed by atoms with E-state index in [9.17, 15) is 5.11 Å². The molecule has 0 saturated carbocycles. The van der Waals surface area contributed by atoms with Crippen molar-refractivity contribution in [3.05, 3.63) is 41.5 Å². The van der Waals surface area contributed by atoms with E-state index in [1.807, 2.05) is 18.2 Å². The molecule has 2 nitrogen and oxygen atoms in total. The lowest BCUT2D eigenvalue weighted by Crippen LogP contribution is -2.37. The Morgan fingerprint density at radius 1 is 1.12 bits per heavy atom. The van der Waals surface area contributed by atoms with E-state index in [0.29, 0.717) is 0 Å². The van der Waals surface area contributed by atoms with Crippen LogP contribution in [0.2, 0.25) is 0 Å². The SMILES string of the molecule is O[C@@H]1c2ccccc2C=CC1N1CCCC1. The van der Waals surface area contributed by atoms with Crippen molar-refractivity contribution >= 4 is 6.08 Å². The maximum absolute atomic E-state index is 10.4. The van der Waals surface area contributed by atoms with Crippen LogP contribution in [0.15, 0.2) is 30.3 Å². The van der Waals surface area contributed by atoms with Crippen LogP contribution in [0.25, 0.3) is 6.08 Å². The first-order valence-electron chi connectivity index (χ1n) is 6.05. The van der Waals surface area contributed by atoms with Crippen LogP contribution in [-0.4, -0.2) is 29.1 Å². The zero-order valence-electron chi connectivity index (χ0n) is 9.34. The second-order valence-corrected chi connectivity index (χ2v) is 4.67. The molecule has 1 saturated heterocycles. The van der Waals surface area contributed by atoms with Crippen molar-refractivity contribution in [2.45, 2.75) is 25.0 Å². The largest absolute Gasteiger partial charge is 0.386 e. The Morgan fingerprint density at radius 2 is 1.88 bits per heavy atom. The molecule has 1 fully saturated rings. The second kappa shape index (κ2) is 4.04. The molecule has 2 atom stereocenters. The fourth-order valence-corrected chi connectivity index (χ4v) is 2.78. The molecule has 0 radical (unpaired) electrons. The smallest absolute Gasteiger partial charge is 0.0986 e. The molecular formula is C14H17NO. The zero-order chi connectivity index (χ0) is 11.0. The van der Waals surface area contributed by atoms with Gasteiger partial charge in [-0.2, -0.15) is 0 Å². The van der Waals surface area contributed by atoms with Gasteiger partial charge in [-0.3, -0.25) is 4.90 Å². The molecule has 1 aliphatic carbocycles. The third kappa shape index (κ3) is 1.58. The summed E-state index contributed by atoms with van der Waals surface area (Å²) in [6.07, 6.45) is 6.46. The van der Waals surface area contributed by atoms with E-state index in [1.165, 1.54) is 12.8 Å². The van der Waals surface area contributed by atoms with E-state index < -0.39 is 0 Å². The van der Waals surface area contributed by atoms with E-state index in [0.717, 1.165) is 24.2 Å². The van der Waals surface area contributed by atoms with Gasteiger partial charge in [0.05, 0.1) is 12.1 Å². The van der Waals surface area contributed by atoms with Gasteiger partial charge in [0.1, 0.15) is 0 Å². The van der Waals surface area contributed by atoms with Crippen molar-refractivity contribution in [1.82, 2.24) is 4.90 Å². The van der Waals surface area contributed by atoms with Crippen molar-refractivity contribution in [3.63, 3.8) is 0 Å². The highest BCUT2D eigenvalue weighted by molar-refractivity contribution is 5.58. The summed E-state index contributed by atoms with van der Waals surface area (Å²) >= 11 is 0. The van der Waals surface area contributed by atoms with Gasteiger partial charge >= 0.3 is 0 Å². The van der Waals surface area contributed by atoms with Gasteiger partial charge in [0, 0.05) is 0 Å². The first kappa shape index (κ1) is 10.1. The first-order chi connectivity index (χ1) is 7.86. The molecule has 16 heavy (non-hydrogen) atoms. The lowest BCUT2D eigenvalue weighted by molar-refractivity contribution is 0.0854. The minimum absolute atomic E-state index is 0.178. The Kier molecular flexibility index (Phi) is 2.54. The molecule has 1 N–H and O–H groups in total. The quantitative estimate of drug-likeness (QED) is 0.776. The fourth-order valence-electron chi connectivity index (χ4n) is 2.78. The highest BCUT2D eigenvalue weighted by Crippen LogP contribution is 2.32. The normalized spacial score (nSPS) is 29.3. The lowest BCUT2D eigenvalue weighted by Gasteiger charge is -2.32. The highest BCUT2D eigenvalue weighted by Gasteiger charge is 2.30. The predicted molar refractivity (Wildman–Crippen MR) is 65.0 cm³/mol. The van der Waals surface area contributed by atoms with E-state index >= 15 is 0 Å². The molecule has 1 aromatic rings. The van der Waals surface area contributed by atoms with Gasteiger partial charge in [-0.05, 0) is 37.1 Å². The van der Waals surface area contributed by atoms with Crippen molar-refractivity contribution < 1.29 is 5.11 Å². The molecule has 1 aliphatic heterocycles. The molecule has 84 valence electrons. The summed E-state index contributed by atoms with van der Waals surface area (Å²) in [5, 5.41) is 10.4. The zero-order valence-corrected chi connectivity index (χ0v) is 9.34. The van der Waals surface area contributed by atoms with Gasteiger partial charge in [0.15, 0.2) is 0 Å². The van der Waals surface area contributed by atoms with Gasteiger partial charge in [-0.1, -0.05) is 36.4 Å². The molecule has 1 aromatic carbocycles. The third-order valence-corrected chi connectivity index (χ3v) is 3.67. The molecule has 1 unspecified atom stereocenters. The molecule has 2 aliphatic rings. The van der Waals surface area contributed by atoms with Crippen molar-refractivity contribution in [2.24, 2.45) is 0 Å². The van der Waals surface area contributed by atoms with E-state index in [-0.39, 0.29) is 12.1 Å². The summed E-state index contributed by atoms with van der Waals surface area (Å²) in [7, 11) is 0. The van der Waals surface area contributed by atoms with Crippen LogP contribution < -0.4 is 0 Å². The molecule has 0 spiro atoms. The molecule has 3 rings (SSSR count). The van der Waals surface area contributed by atoms with E-state index in [2.05, 4.69) is 23.1 Å². The number of aliphatic hydroxyl groups is 1. The second-order valence-electron chi connectivity index (χ2n) is 4.67. The van der Waals surface area contributed by atoms with Crippen LogP contribution in [0, 0.1) is 0 Å². The number of likely N-dealkylation sites (tertiary alicyclic amines) is 1. The monoisotopic (exact) mass is 215 g/mol. The number of fused-ring (bicyclic) bond motifs is 1. The maximum atomic E-state index is 10.4. The molecular weight excluding hydrogens is 198 g/mol. The molecule has 2 heteroatoms. The van der Waals surface area contributed by atoms with Crippen molar-refractivity contribution in [1.29, 1.82) is 0 Å². The Balaban J connectivity index is 1.91.